The molecule has 58 heavy (non-hydrogen) atoms. The summed E-state index contributed by atoms with van der Waals surface area (Å²) in [4.78, 5) is 10.5. The number of fused-ring (bicyclic) bond motifs is 11. The van der Waals surface area contributed by atoms with Gasteiger partial charge in [0.1, 0.15) is 0 Å². The molecule has 0 spiro atoms. The fraction of sp³-hybridized carbons (Fsp3) is 0. The van der Waals surface area contributed by atoms with Gasteiger partial charge in [-0.25, -0.2) is 9.97 Å². The zero-order valence-electron chi connectivity index (χ0n) is 31.7. The van der Waals surface area contributed by atoms with Gasteiger partial charge in [-0.3, -0.25) is 0 Å². The quantitative estimate of drug-likeness (QED) is 0.180. The highest BCUT2D eigenvalue weighted by Crippen LogP contribution is 2.38. The van der Waals surface area contributed by atoms with Gasteiger partial charge < -0.3 is 0 Å². The second kappa shape index (κ2) is 14.1. The van der Waals surface area contributed by atoms with Crippen LogP contribution in [0.2, 0.25) is 0 Å². The molecule has 0 atom stereocenters. The molecule has 0 unspecified atom stereocenters. The summed E-state index contributed by atoms with van der Waals surface area (Å²) in [5.74, 6) is 0.697. The predicted molar refractivity (Wildman–Crippen MR) is 246 cm³/mol. The summed E-state index contributed by atoms with van der Waals surface area (Å²) < 4.78 is 0. The van der Waals surface area contributed by atoms with Crippen LogP contribution in [0, 0.1) is 0 Å². The molecule has 0 amide bonds. The fourth-order valence-corrected chi connectivity index (χ4v) is 8.73. The molecule has 0 saturated carbocycles. The Bertz CT molecular complexity index is 3360. The molecule has 1 heterocycles. The minimum Gasteiger partial charge on any atom is -0.228 e. The molecule has 2 nitrogen and oxygen atoms in total. The summed E-state index contributed by atoms with van der Waals surface area (Å²) >= 11 is 0. The lowest BCUT2D eigenvalue weighted by molar-refractivity contribution is 1.18. The van der Waals surface area contributed by atoms with E-state index in [1.165, 1.54) is 70.4 Å². The molecule has 11 aromatic rings. The van der Waals surface area contributed by atoms with E-state index in [4.69, 9.17) is 9.97 Å². The molecule has 10 aromatic carbocycles. The standard InChI is InChI=1S/C56H36N2/c1-2-16-40(17-3-1)56-57-54(39-31-29-38(30-32-39)43-28-14-18-37-15-4-5-19-42(37)43)36-55(58-56)41-33-34-52-50-26-11-10-24-48(50)46-22-7-6-20-44(46)45-21-8-9-23-47(45)49-25-12-13-27-51(49)53(52)35-41/h1-36H. The van der Waals surface area contributed by atoms with Gasteiger partial charge in [0, 0.05) is 16.7 Å². The number of aromatic nitrogens is 2. The Balaban J connectivity index is 1.17. The third-order valence-corrected chi connectivity index (χ3v) is 11.5. The molecule has 1 aromatic heterocycles. The van der Waals surface area contributed by atoms with E-state index in [9.17, 15) is 0 Å². The maximum atomic E-state index is 5.28. The van der Waals surface area contributed by atoms with E-state index in [0.29, 0.717) is 5.82 Å². The van der Waals surface area contributed by atoms with E-state index in [1.807, 2.05) is 18.2 Å². The summed E-state index contributed by atoms with van der Waals surface area (Å²) in [6.07, 6.45) is 0. The zero-order valence-corrected chi connectivity index (χ0v) is 31.7. The zero-order chi connectivity index (χ0) is 38.4. The largest absolute Gasteiger partial charge is 0.228 e. The summed E-state index contributed by atoms with van der Waals surface area (Å²) in [6.45, 7) is 0. The second-order valence-electron chi connectivity index (χ2n) is 14.9. The number of hydrogen-bond acceptors (Lipinski definition) is 2. The van der Waals surface area contributed by atoms with Crippen LogP contribution < -0.4 is 0 Å². The number of hydrogen-bond donors (Lipinski definition) is 0. The molecule has 0 N–H and O–H groups in total. The first-order chi connectivity index (χ1) is 28.8. The lowest BCUT2D eigenvalue weighted by Gasteiger charge is -2.13. The fourth-order valence-electron chi connectivity index (χ4n) is 8.73. The Morgan fingerprint density at radius 1 is 0.224 bits per heavy atom. The van der Waals surface area contributed by atoms with Crippen LogP contribution in [0.15, 0.2) is 218 Å². The van der Waals surface area contributed by atoms with Crippen LogP contribution in [0.3, 0.4) is 0 Å². The summed E-state index contributed by atoms with van der Waals surface area (Å²) in [5, 5.41) is 14.5. The molecule has 11 rings (SSSR count). The number of nitrogens with zero attached hydrogens (tertiary/aromatic N) is 2. The van der Waals surface area contributed by atoms with Crippen molar-refractivity contribution < 1.29 is 0 Å². The van der Waals surface area contributed by atoms with Crippen molar-refractivity contribution in [1.29, 1.82) is 0 Å². The summed E-state index contributed by atoms with van der Waals surface area (Å²) in [5.41, 5.74) is 7.20. The molecule has 0 radical (unpaired) electrons. The van der Waals surface area contributed by atoms with E-state index in [1.54, 1.807) is 0 Å². The van der Waals surface area contributed by atoms with Gasteiger partial charge in [-0.1, -0.05) is 206 Å². The number of rotatable bonds is 4. The predicted octanol–water partition coefficient (Wildman–Crippen LogP) is 15.2. The van der Waals surface area contributed by atoms with Gasteiger partial charge in [0.15, 0.2) is 5.82 Å². The maximum Gasteiger partial charge on any atom is 0.160 e. The van der Waals surface area contributed by atoms with E-state index in [-0.39, 0.29) is 0 Å². The maximum absolute atomic E-state index is 5.28. The van der Waals surface area contributed by atoms with Crippen LogP contribution >= 0.6 is 0 Å². The lowest BCUT2D eigenvalue weighted by atomic mass is 9.93. The molecule has 0 saturated heterocycles. The van der Waals surface area contributed by atoms with Gasteiger partial charge in [0.25, 0.3) is 0 Å². The highest BCUT2D eigenvalue weighted by molar-refractivity contribution is 6.26. The third-order valence-electron chi connectivity index (χ3n) is 11.5. The molecule has 0 fully saturated rings. The topological polar surface area (TPSA) is 25.8 Å². The van der Waals surface area contributed by atoms with Crippen LogP contribution in [0.1, 0.15) is 0 Å². The van der Waals surface area contributed by atoms with Crippen molar-refractivity contribution in [3.8, 4) is 45.0 Å². The number of benzene rings is 9. The SMILES string of the molecule is c1ccc(-c2nc(-c3ccc(-c4cccc5ccccc45)cc3)cc(-c3ccc4c5ccccc5c5ccccc5c5ccccc5c5ccccc5c4c3)n2)cc1. The van der Waals surface area contributed by atoms with E-state index in [0.717, 1.165) is 33.5 Å². The Morgan fingerprint density at radius 3 is 1.17 bits per heavy atom. The van der Waals surface area contributed by atoms with Crippen molar-refractivity contribution in [3.63, 3.8) is 0 Å². The van der Waals surface area contributed by atoms with Crippen molar-refractivity contribution in [3.05, 3.63) is 218 Å². The highest BCUT2D eigenvalue weighted by Gasteiger charge is 2.14. The van der Waals surface area contributed by atoms with E-state index in [2.05, 4.69) is 200 Å². The Morgan fingerprint density at radius 2 is 0.621 bits per heavy atom. The average Bonchev–Trinajstić information content (AvgIpc) is 3.31. The van der Waals surface area contributed by atoms with Crippen LogP contribution in [-0.4, -0.2) is 9.97 Å². The van der Waals surface area contributed by atoms with E-state index >= 15 is 0 Å². The minimum absolute atomic E-state index is 0.697. The Hall–Kier alpha value is -7.68. The first kappa shape index (κ1) is 33.6. The second-order valence-corrected chi connectivity index (χ2v) is 14.9. The van der Waals surface area contributed by atoms with Crippen molar-refractivity contribution >= 4 is 64.6 Å². The van der Waals surface area contributed by atoms with Gasteiger partial charge >= 0.3 is 0 Å². The average molecular weight is 737 g/mol. The molecule has 0 bridgehead atoms. The van der Waals surface area contributed by atoms with Gasteiger partial charge in [-0.05, 0) is 87.9 Å². The van der Waals surface area contributed by atoms with Crippen LogP contribution in [0.5, 0.6) is 0 Å². The Labute approximate surface area is 336 Å². The van der Waals surface area contributed by atoms with Crippen molar-refractivity contribution in [2.45, 2.75) is 0 Å². The van der Waals surface area contributed by atoms with Crippen LogP contribution in [0.4, 0.5) is 0 Å². The minimum atomic E-state index is 0.697. The molecular formula is C56H36N2. The third kappa shape index (κ3) is 5.82. The Kier molecular flexibility index (Phi) is 8.19. The van der Waals surface area contributed by atoms with Crippen LogP contribution in [0.25, 0.3) is 110 Å². The van der Waals surface area contributed by atoms with Crippen molar-refractivity contribution in [1.82, 2.24) is 9.97 Å². The molecule has 0 aliphatic heterocycles. The highest BCUT2D eigenvalue weighted by atomic mass is 14.9. The first-order valence-electron chi connectivity index (χ1n) is 19.8. The normalized spacial score (nSPS) is 11.4. The summed E-state index contributed by atoms with van der Waals surface area (Å²) in [6, 6.07) is 78.5. The molecule has 0 aliphatic carbocycles. The molecule has 270 valence electrons. The van der Waals surface area contributed by atoms with E-state index < -0.39 is 0 Å². The van der Waals surface area contributed by atoms with Gasteiger partial charge in [-0.15, -0.1) is 0 Å². The van der Waals surface area contributed by atoms with Crippen molar-refractivity contribution in [2.75, 3.05) is 0 Å². The molecule has 2 heteroatoms. The van der Waals surface area contributed by atoms with Gasteiger partial charge in [-0.2, -0.15) is 0 Å². The monoisotopic (exact) mass is 736 g/mol. The smallest absolute Gasteiger partial charge is 0.160 e. The lowest BCUT2D eigenvalue weighted by Crippen LogP contribution is -1.96. The van der Waals surface area contributed by atoms with Gasteiger partial charge in [0.2, 0.25) is 0 Å². The summed E-state index contributed by atoms with van der Waals surface area (Å²) in [7, 11) is 0. The molecule has 0 aliphatic rings. The van der Waals surface area contributed by atoms with Gasteiger partial charge in [0.05, 0.1) is 11.4 Å². The first-order valence-corrected chi connectivity index (χ1v) is 19.8. The van der Waals surface area contributed by atoms with Crippen LogP contribution in [-0.2, 0) is 0 Å². The van der Waals surface area contributed by atoms with Crippen molar-refractivity contribution in [2.24, 2.45) is 0 Å². The molecular weight excluding hydrogens is 701 g/mol.